The van der Waals surface area contributed by atoms with Gasteiger partial charge in [0.1, 0.15) is 11.2 Å². The number of Topliss-reactive ketones (excluding diaryl/α,β-unsaturated/α-hetero) is 1. The molecule has 0 saturated carbocycles. The maximum atomic E-state index is 12.5. The molecule has 0 amide bonds. The van der Waals surface area contributed by atoms with Gasteiger partial charge in [0.2, 0.25) is 5.88 Å². The highest BCUT2D eigenvalue weighted by Crippen LogP contribution is 2.34. The number of hydrogen-bond donors (Lipinski definition) is 1. The Hall–Kier alpha value is -2.92. The molecule has 0 spiro atoms. The molecule has 8 heteroatoms. The fourth-order valence-corrected chi connectivity index (χ4v) is 3.65. The molecule has 0 unspecified atom stereocenters. The molecule has 0 aliphatic carbocycles. The predicted octanol–water partition coefficient (Wildman–Crippen LogP) is 1.98. The van der Waals surface area contributed by atoms with E-state index >= 15 is 0 Å². The van der Waals surface area contributed by atoms with Crippen LogP contribution in [0.2, 0.25) is 0 Å². The van der Waals surface area contributed by atoms with Crippen LogP contribution in [0.1, 0.15) is 35.1 Å². The van der Waals surface area contributed by atoms with Gasteiger partial charge in [0.15, 0.2) is 17.6 Å². The van der Waals surface area contributed by atoms with E-state index in [1.807, 2.05) is 19.1 Å². The van der Waals surface area contributed by atoms with E-state index in [2.05, 4.69) is 25.9 Å². The lowest BCUT2D eigenvalue weighted by molar-refractivity contribution is 0.0987. The number of aromatic nitrogens is 3. The molecule has 0 bridgehead atoms. The molecule has 0 fully saturated rings. The average molecular weight is 381 g/mol. The number of nitrogens with two attached hydrogens (primary N) is 1. The Morgan fingerprint density at radius 2 is 2.26 bits per heavy atom. The number of nitrogens with zero attached hydrogens (tertiary/aromatic N) is 4. The summed E-state index contributed by atoms with van der Waals surface area (Å²) >= 11 is 1.54. The Balaban J connectivity index is 1.73. The number of thioether (sulfide) groups is 1. The SMILES string of the molecule is C#CCOc1cnc(C(=O)Cc2ccnc([C@]3(C)CCSC(N)=N3)c2)cn1. The summed E-state index contributed by atoms with van der Waals surface area (Å²) < 4.78 is 5.16. The summed E-state index contributed by atoms with van der Waals surface area (Å²) in [6.07, 6.45) is 10.6. The Bertz CT molecular complexity index is 907. The number of carbonyl (C=O) groups excluding carboxylic acids is 1. The summed E-state index contributed by atoms with van der Waals surface area (Å²) in [6.45, 7) is 2.11. The van der Waals surface area contributed by atoms with Crippen molar-refractivity contribution in [3.8, 4) is 18.2 Å². The zero-order valence-electron chi connectivity index (χ0n) is 14.9. The van der Waals surface area contributed by atoms with Crippen molar-refractivity contribution >= 4 is 22.7 Å². The number of carbonyl (C=O) groups is 1. The van der Waals surface area contributed by atoms with E-state index in [1.165, 1.54) is 12.4 Å². The standard InChI is InChI=1S/C19H19N5O2S/c1-3-7-26-17-12-22-14(11-23-17)15(25)9-13-4-6-21-16(10-13)19(2)5-8-27-18(20)24-19/h1,4,6,10-12H,5,7-9H2,2H3,(H2,20,24)/t19-/m0/s1. The van der Waals surface area contributed by atoms with E-state index in [-0.39, 0.29) is 30.4 Å². The molecular formula is C19H19N5O2S. The van der Waals surface area contributed by atoms with Crippen LogP contribution in [0.4, 0.5) is 0 Å². The van der Waals surface area contributed by atoms with Gasteiger partial charge < -0.3 is 10.5 Å². The van der Waals surface area contributed by atoms with E-state index in [4.69, 9.17) is 16.9 Å². The molecule has 2 N–H and O–H groups in total. The number of aliphatic imine (C=N–C) groups is 1. The molecule has 2 aromatic heterocycles. The maximum Gasteiger partial charge on any atom is 0.233 e. The Morgan fingerprint density at radius 1 is 1.41 bits per heavy atom. The zero-order valence-corrected chi connectivity index (χ0v) is 15.7. The monoisotopic (exact) mass is 381 g/mol. The average Bonchev–Trinajstić information content (AvgIpc) is 2.67. The van der Waals surface area contributed by atoms with Crippen LogP contribution >= 0.6 is 11.8 Å². The molecule has 0 aromatic carbocycles. The van der Waals surface area contributed by atoms with Gasteiger partial charge in [-0.2, -0.15) is 0 Å². The predicted molar refractivity (Wildman–Crippen MR) is 105 cm³/mol. The minimum Gasteiger partial charge on any atom is -0.463 e. The van der Waals surface area contributed by atoms with Gasteiger partial charge in [0.25, 0.3) is 0 Å². The van der Waals surface area contributed by atoms with Gasteiger partial charge in [-0.05, 0) is 31.0 Å². The van der Waals surface area contributed by atoms with Gasteiger partial charge in [0.05, 0.1) is 18.1 Å². The van der Waals surface area contributed by atoms with Crippen LogP contribution in [0.15, 0.2) is 35.7 Å². The van der Waals surface area contributed by atoms with E-state index in [0.717, 1.165) is 23.4 Å². The first-order chi connectivity index (χ1) is 13.0. The Kier molecular flexibility index (Phi) is 5.72. The number of terminal acetylenes is 1. The molecular weight excluding hydrogens is 362 g/mol. The van der Waals surface area contributed by atoms with Crippen LogP contribution in [-0.2, 0) is 12.0 Å². The molecule has 0 radical (unpaired) electrons. The molecule has 2 aromatic rings. The molecule has 3 rings (SSSR count). The van der Waals surface area contributed by atoms with Crippen LogP contribution in [0, 0.1) is 12.3 Å². The van der Waals surface area contributed by atoms with E-state index in [1.54, 1.807) is 18.0 Å². The smallest absolute Gasteiger partial charge is 0.233 e. The lowest BCUT2D eigenvalue weighted by Gasteiger charge is -2.28. The second kappa shape index (κ2) is 8.18. The number of rotatable bonds is 6. The summed E-state index contributed by atoms with van der Waals surface area (Å²) in [7, 11) is 0. The van der Waals surface area contributed by atoms with Crippen molar-refractivity contribution in [1.29, 1.82) is 0 Å². The molecule has 0 saturated heterocycles. The fourth-order valence-electron chi connectivity index (χ4n) is 2.68. The third kappa shape index (κ3) is 4.63. The maximum absolute atomic E-state index is 12.5. The van der Waals surface area contributed by atoms with E-state index in [9.17, 15) is 4.79 Å². The highest BCUT2D eigenvalue weighted by Gasteiger charge is 2.31. The van der Waals surface area contributed by atoms with Crippen molar-refractivity contribution in [3.05, 3.63) is 47.7 Å². The van der Waals surface area contributed by atoms with Crippen LogP contribution in [-0.4, -0.2) is 38.3 Å². The first-order valence-corrected chi connectivity index (χ1v) is 9.34. The topological polar surface area (TPSA) is 103 Å². The highest BCUT2D eigenvalue weighted by molar-refractivity contribution is 8.13. The van der Waals surface area contributed by atoms with Crippen molar-refractivity contribution in [1.82, 2.24) is 15.0 Å². The lowest BCUT2D eigenvalue weighted by Crippen LogP contribution is -2.29. The molecule has 1 atom stereocenters. The number of ether oxygens (including phenoxy) is 1. The molecule has 27 heavy (non-hydrogen) atoms. The van der Waals surface area contributed by atoms with E-state index < -0.39 is 5.54 Å². The molecule has 1 aliphatic rings. The third-order valence-corrected chi connectivity index (χ3v) is 4.95. The van der Waals surface area contributed by atoms with Crippen LogP contribution in [0.25, 0.3) is 0 Å². The molecule has 138 valence electrons. The zero-order chi connectivity index (χ0) is 19.3. The van der Waals surface area contributed by atoms with Crippen molar-refractivity contribution in [2.24, 2.45) is 10.7 Å². The summed E-state index contributed by atoms with van der Waals surface area (Å²) in [5.74, 6) is 3.38. The van der Waals surface area contributed by atoms with Crippen LogP contribution in [0.3, 0.4) is 0 Å². The van der Waals surface area contributed by atoms with Crippen molar-refractivity contribution in [3.63, 3.8) is 0 Å². The van der Waals surface area contributed by atoms with Gasteiger partial charge in [0, 0.05) is 18.4 Å². The number of hydrogen-bond acceptors (Lipinski definition) is 8. The highest BCUT2D eigenvalue weighted by atomic mass is 32.2. The Morgan fingerprint density at radius 3 is 2.96 bits per heavy atom. The number of pyridine rings is 1. The first kappa shape index (κ1) is 18.9. The largest absolute Gasteiger partial charge is 0.463 e. The van der Waals surface area contributed by atoms with Gasteiger partial charge in [-0.25, -0.2) is 15.0 Å². The van der Waals surface area contributed by atoms with Crippen LogP contribution in [0.5, 0.6) is 5.88 Å². The third-order valence-electron chi connectivity index (χ3n) is 4.15. The van der Waals surface area contributed by atoms with Crippen molar-refractivity contribution in [2.75, 3.05) is 12.4 Å². The second-order valence-corrected chi connectivity index (χ2v) is 7.32. The van der Waals surface area contributed by atoms with Gasteiger partial charge >= 0.3 is 0 Å². The fraction of sp³-hybridized carbons (Fsp3) is 0.316. The minimum absolute atomic E-state index is 0.103. The Labute approximate surface area is 161 Å². The lowest BCUT2D eigenvalue weighted by atomic mass is 9.93. The summed E-state index contributed by atoms with van der Waals surface area (Å²) in [4.78, 5) is 29.7. The summed E-state index contributed by atoms with van der Waals surface area (Å²) in [5, 5.41) is 0.564. The van der Waals surface area contributed by atoms with Crippen molar-refractivity contribution in [2.45, 2.75) is 25.3 Å². The van der Waals surface area contributed by atoms with Gasteiger partial charge in [-0.3, -0.25) is 9.78 Å². The van der Waals surface area contributed by atoms with Crippen molar-refractivity contribution < 1.29 is 9.53 Å². The normalized spacial score (nSPS) is 19.0. The minimum atomic E-state index is -0.468. The number of ketones is 1. The first-order valence-electron chi connectivity index (χ1n) is 8.35. The number of amidine groups is 1. The molecule has 7 nitrogen and oxygen atoms in total. The molecule has 3 heterocycles. The summed E-state index contributed by atoms with van der Waals surface area (Å²) in [5.41, 5.74) is 7.33. The quantitative estimate of drug-likeness (QED) is 0.603. The van der Waals surface area contributed by atoms with Gasteiger partial charge in [-0.15, -0.1) is 6.42 Å². The second-order valence-electron chi connectivity index (χ2n) is 6.20. The molecule has 1 aliphatic heterocycles. The van der Waals surface area contributed by atoms with Gasteiger partial charge in [-0.1, -0.05) is 17.7 Å². The summed E-state index contributed by atoms with van der Waals surface area (Å²) in [6, 6.07) is 3.72. The van der Waals surface area contributed by atoms with Crippen LogP contribution < -0.4 is 10.5 Å². The van der Waals surface area contributed by atoms with E-state index in [0.29, 0.717) is 5.17 Å².